The maximum atomic E-state index is 13.1. The van der Waals surface area contributed by atoms with E-state index in [1.54, 1.807) is 0 Å². The number of benzene rings is 2. The van der Waals surface area contributed by atoms with E-state index in [-0.39, 0.29) is 22.4 Å². The maximum absolute atomic E-state index is 13.1. The molecule has 2 aromatic carbocycles. The molecule has 2 rings (SSSR count). The third-order valence-electron chi connectivity index (χ3n) is 2.97. The van der Waals surface area contributed by atoms with E-state index in [2.05, 4.69) is 0 Å². The van der Waals surface area contributed by atoms with Gasteiger partial charge in [0, 0.05) is 5.56 Å². The van der Waals surface area contributed by atoms with Crippen LogP contribution in [0.2, 0.25) is 0 Å². The topological polar surface area (TPSA) is 46.5 Å². The van der Waals surface area contributed by atoms with Gasteiger partial charge < -0.3 is 9.84 Å². The Morgan fingerprint density at radius 3 is 2.33 bits per heavy atom. The number of aromatic carboxylic acids is 1. The number of carboxylic acids is 1. The standard InChI is InChI=1S/C15H11F3O3/c1-21-13-7-6-9(14(19)20)8-11(13)10-4-2-3-5-12(10)15(16,17)18/h2-8H,1H3,(H,19,20). The van der Waals surface area contributed by atoms with Crippen molar-refractivity contribution in [1.29, 1.82) is 0 Å². The number of methoxy groups -OCH3 is 1. The lowest BCUT2D eigenvalue weighted by atomic mass is 9.97. The van der Waals surface area contributed by atoms with Gasteiger partial charge in [0.1, 0.15) is 5.75 Å². The normalized spacial score (nSPS) is 11.2. The summed E-state index contributed by atoms with van der Waals surface area (Å²) in [6.07, 6.45) is -4.54. The van der Waals surface area contributed by atoms with Crippen LogP contribution in [0.4, 0.5) is 13.2 Å². The summed E-state index contributed by atoms with van der Waals surface area (Å²) >= 11 is 0. The molecule has 0 spiro atoms. The molecule has 0 fully saturated rings. The Bertz CT molecular complexity index is 678. The summed E-state index contributed by atoms with van der Waals surface area (Å²) < 4.78 is 44.3. The van der Waals surface area contributed by atoms with Gasteiger partial charge in [-0.3, -0.25) is 0 Å². The Hall–Kier alpha value is -2.50. The smallest absolute Gasteiger partial charge is 0.417 e. The maximum Gasteiger partial charge on any atom is 0.417 e. The zero-order chi connectivity index (χ0) is 15.6. The fourth-order valence-electron chi connectivity index (χ4n) is 2.02. The molecule has 0 unspecified atom stereocenters. The molecule has 6 heteroatoms. The summed E-state index contributed by atoms with van der Waals surface area (Å²) in [5.41, 5.74) is -0.983. The van der Waals surface area contributed by atoms with Gasteiger partial charge in [0.05, 0.1) is 18.2 Å². The molecule has 0 aliphatic heterocycles. The first kappa shape index (κ1) is 14.9. The molecule has 0 aromatic heterocycles. The Labute approximate surface area is 118 Å². The molecule has 0 amide bonds. The van der Waals surface area contributed by atoms with E-state index in [1.165, 1.54) is 43.5 Å². The lowest BCUT2D eigenvalue weighted by molar-refractivity contribution is -0.137. The van der Waals surface area contributed by atoms with Crippen LogP contribution >= 0.6 is 0 Å². The lowest BCUT2D eigenvalue weighted by Gasteiger charge is -2.15. The van der Waals surface area contributed by atoms with E-state index in [0.29, 0.717) is 0 Å². The summed E-state index contributed by atoms with van der Waals surface area (Å²) in [7, 11) is 1.31. The van der Waals surface area contributed by atoms with E-state index >= 15 is 0 Å². The lowest BCUT2D eigenvalue weighted by Crippen LogP contribution is -2.07. The van der Waals surface area contributed by atoms with Crippen LogP contribution in [0.15, 0.2) is 42.5 Å². The summed E-state index contributed by atoms with van der Waals surface area (Å²) in [6.45, 7) is 0. The average Bonchev–Trinajstić information content (AvgIpc) is 2.45. The van der Waals surface area contributed by atoms with Crippen molar-refractivity contribution in [2.75, 3.05) is 7.11 Å². The van der Waals surface area contributed by atoms with Gasteiger partial charge in [-0.25, -0.2) is 4.79 Å². The monoisotopic (exact) mass is 296 g/mol. The summed E-state index contributed by atoms with van der Waals surface area (Å²) in [5.74, 6) is -1.04. The molecule has 0 radical (unpaired) electrons. The van der Waals surface area contributed by atoms with Crippen LogP contribution in [0.25, 0.3) is 11.1 Å². The molecule has 0 saturated carbocycles. The third-order valence-corrected chi connectivity index (χ3v) is 2.97. The van der Waals surface area contributed by atoms with Crippen LogP contribution in [0.1, 0.15) is 15.9 Å². The second-order valence-corrected chi connectivity index (χ2v) is 4.26. The Morgan fingerprint density at radius 1 is 1.10 bits per heavy atom. The fraction of sp³-hybridized carbons (Fsp3) is 0.133. The van der Waals surface area contributed by atoms with Crippen LogP contribution in [-0.2, 0) is 6.18 Å². The largest absolute Gasteiger partial charge is 0.496 e. The van der Waals surface area contributed by atoms with Crippen LogP contribution < -0.4 is 4.74 Å². The molecule has 2 aromatic rings. The first-order chi connectivity index (χ1) is 9.84. The molecule has 0 saturated heterocycles. The van der Waals surface area contributed by atoms with Crippen molar-refractivity contribution in [3.63, 3.8) is 0 Å². The van der Waals surface area contributed by atoms with E-state index < -0.39 is 17.7 Å². The van der Waals surface area contributed by atoms with Crippen molar-refractivity contribution in [2.24, 2.45) is 0 Å². The van der Waals surface area contributed by atoms with Crippen LogP contribution in [0, 0.1) is 0 Å². The molecule has 110 valence electrons. The molecule has 1 N–H and O–H groups in total. The highest BCUT2D eigenvalue weighted by molar-refractivity contribution is 5.90. The van der Waals surface area contributed by atoms with Gasteiger partial charge >= 0.3 is 12.1 Å². The van der Waals surface area contributed by atoms with Gasteiger partial charge in [-0.15, -0.1) is 0 Å². The highest BCUT2D eigenvalue weighted by Crippen LogP contribution is 2.40. The van der Waals surface area contributed by atoms with Gasteiger partial charge in [0.25, 0.3) is 0 Å². The highest BCUT2D eigenvalue weighted by atomic mass is 19.4. The predicted molar refractivity (Wildman–Crippen MR) is 70.4 cm³/mol. The van der Waals surface area contributed by atoms with E-state index in [1.807, 2.05) is 0 Å². The van der Waals surface area contributed by atoms with Crippen molar-refractivity contribution in [3.05, 3.63) is 53.6 Å². The number of hydrogen-bond acceptors (Lipinski definition) is 2. The molecule has 0 aliphatic carbocycles. The van der Waals surface area contributed by atoms with Gasteiger partial charge in [-0.1, -0.05) is 18.2 Å². The number of carboxylic acid groups (broad SMARTS) is 1. The van der Waals surface area contributed by atoms with Crippen molar-refractivity contribution >= 4 is 5.97 Å². The molecular weight excluding hydrogens is 285 g/mol. The van der Waals surface area contributed by atoms with E-state index in [9.17, 15) is 18.0 Å². The number of rotatable bonds is 3. The van der Waals surface area contributed by atoms with Gasteiger partial charge in [0.15, 0.2) is 0 Å². The zero-order valence-corrected chi connectivity index (χ0v) is 10.9. The minimum atomic E-state index is -4.54. The number of halogens is 3. The van der Waals surface area contributed by atoms with Crippen molar-refractivity contribution in [2.45, 2.75) is 6.18 Å². The van der Waals surface area contributed by atoms with Crippen molar-refractivity contribution < 1.29 is 27.8 Å². The van der Waals surface area contributed by atoms with E-state index in [0.717, 1.165) is 6.07 Å². The minimum absolute atomic E-state index is 0.0883. The van der Waals surface area contributed by atoms with Crippen LogP contribution in [-0.4, -0.2) is 18.2 Å². The second kappa shape index (κ2) is 5.47. The Morgan fingerprint density at radius 2 is 1.76 bits per heavy atom. The summed E-state index contributed by atoms with van der Waals surface area (Å²) in [6, 6.07) is 8.75. The highest BCUT2D eigenvalue weighted by Gasteiger charge is 2.34. The first-order valence-corrected chi connectivity index (χ1v) is 5.92. The molecule has 3 nitrogen and oxygen atoms in total. The van der Waals surface area contributed by atoms with Crippen molar-refractivity contribution in [1.82, 2.24) is 0 Å². The molecule has 21 heavy (non-hydrogen) atoms. The van der Waals surface area contributed by atoms with Gasteiger partial charge in [0.2, 0.25) is 0 Å². The predicted octanol–water partition coefficient (Wildman–Crippen LogP) is 4.08. The van der Waals surface area contributed by atoms with Crippen molar-refractivity contribution in [3.8, 4) is 16.9 Å². The first-order valence-electron chi connectivity index (χ1n) is 5.92. The summed E-state index contributed by atoms with van der Waals surface area (Å²) in [4.78, 5) is 11.0. The molecule has 0 atom stereocenters. The number of ether oxygens (including phenoxy) is 1. The number of hydrogen-bond donors (Lipinski definition) is 1. The van der Waals surface area contributed by atoms with Crippen LogP contribution in [0.5, 0.6) is 5.75 Å². The Balaban J connectivity index is 2.72. The minimum Gasteiger partial charge on any atom is -0.496 e. The fourth-order valence-corrected chi connectivity index (χ4v) is 2.02. The quantitative estimate of drug-likeness (QED) is 0.928. The van der Waals surface area contributed by atoms with Gasteiger partial charge in [-0.05, 0) is 29.8 Å². The van der Waals surface area contributed by atoms with Gasteiger partial charge in [-0.2, -0.15) is 13.2 Å². The average molecular weight is 296 g/mol. The van der Waals surface area contributed by atoms with Crippen LogP contribution in [0.3, 0.4) is 0 Å². The van der Waals surface area contributed by atoms with E-state index in [4.69, 9.17) is 9.84 Å². The molecule has 0 bridgehead atoms. The Kier molecular flexibility index (Phi) is 3.88. The second-order valence-electron chi connectivity index (χ2n) is 4.26. The SMILES string of the molecule is COc1ccc(C(=O)O)cc1-c1ccccc1C(F)(F)F. The number of alkyl halides is 3. The molecular formula is C15H11F3O3. The number of carbonyl (C=O) groups is 1. The third kappa shape index (κ3) is 2.99. The molecule has 0 heterocycles. The zero-order valence-electron chi connectivity index (χ0n) is 10.9. The molecule has 0 aliphatic rings. The summed E-state index contributed by atoms with van der Waals surface area (Å²) in [5, 5.41) is 8.99.